The van der Waals surface area contributed by atoms with Gasteiger partial charge in [-0.3, -0.25) is 4.99 Å². The van der Waals surface area contributed by atoms with Gasteiger partial charge in [0.05, 0.1) is 12.7 Å². The van der Waals surface area contributed by atoms with Crippen molar-refractivity contribution in [1.29, 1.82) is 0 Å². The monoisotopic (exact) mass is 283 g/mol. The molecule has 0 amide bonds. The highest BCUT2D eigenvalue weighted by atomic mass is 16.5. The van der Waals surface area contributed by atoms with Crippen molar-refractivity contribution in [2.24, 2.45) is 10.7 Å². The van der Waals surface area contributed by atoms with E-state index < -0.39 is 0 Å². The van der Waals surface area contributed by atoms with Crippen LogP contribution in [0, 0.1) is 0 Å². The zero-order valence-corrected chi connectivity index (χ0v) is 12.6. The average molecular weight is 283 g/mol. The van der Waals surface area contributed by atoms with Gasteiger partial charge < -0.3 is 20.1 Å². The summed E-state index contributed by atoms with van der Waals surface area (Å²) < 4.78 is 11.1. The van der Waals surface area contributed by atoms with Crippen molar-refractivity contribution in [3.05, 3.63) is 0 Å². The molecule has 0 aromatic heterocycles. The molecule has 1 atom stereocenters. The summed E-state index contributed by atoms with van der Waals surface area (Å²) in [6, 6.07) is 0. The summed E-state index contributed by atoms with van der Waals surface area (Å²) in [4.78, 5) is 6.69. The van der Waals surface area contributed by atoms with E-state index in [1.807, 2.05) is 0 Å². The van der Waals surface area contributed by atoms with Gasteiger partial charge in [0.2, 0.25) is 0 Å². The smallest absolute Gasteiger partial charge is 0.191 e. The molecule has 116 valence electrons. The zero-order valence-electron chi connectivity index (χ0n) is 12.6. The van der Waals surface area contributed by atoms with Crippen LogP contribution in [-0.4, -0.2) is 56.4 Å². The van der Waals surface area contributed by atoms with Crippen LogP contribution < -0.4 is 5.73 Å². The van der Waals surface area contributed by atoms with Gasteiger partial charge in [0.15, 0.2) is 5.96 Å². The second-order valence-corrected chi connectivity index (χ2v) is 5.70. The Balaban J connectivity index is 1.52. The van der Waals surface area contributed by atoms with Crippen molar-refractivity contribution in [2.75, 3.05) is 39.5 Å². The summed E-state index contributed by atoms with van der Waals surface area (Å²) in [5.41, 5.74) is 6.05. The number of rotatable bonds is 6. The molecule has 0 bridgehead atoms. The molecule has 0 spiro atoms. The van der Waals surface area contributed by atoms with Crippen molar-refractivity contribution < 1.29 is 9.47 Å². The van der Waals surface area contributed by atoms with E-state index in [1.54, 1.807) is 0 Å². The number of hydrogen-bond donors (Lipinski definition) is 1. The van der Waals surface area contributed by atoms with Crippen LogP contribution >= 0.6 is 0 Å². The van der Waals surface area contributed by atoms with Crippen LogP contribution in [0.4, 0.5) is 0 Å². The lowest BCUT2D eigenvalue weighted by Gasteiger charge is -2.21. The number of ether oxygens (including phenoxy) is 2. The van der Waals surface area contributed by atoms with E-state index in [9.17, 15) is 0 Å². The van der Waals surface area contributed by atoms with E-state index in [1.165, 1.54) is 32.1 Å². The number of nitrogens with zero attached hydrogens (tertiary/aromatic N) is 2. The Morgan fingerprint density at radius 2 is 2.00 bits per heavy atom. The number of likely N-dealkylation sites (tertiary alicyclic amines) is 1. The molecule has 2 aliphatic heterocycles. The summed E-state index contributed by atoms with van der Waals surface area (Å²) >= 11 is 0. The summed E-state index contributed by atoms with van der Waals surface area (Å²) in [6.07, 6.45) is 8.68. The molecule has 20 heavy (non-hydrogen) atoms. The van der Waals surface area contributed by atoms with Gasteiger partial charge >= 0.3 is 0 Å². The van der Waals surface area contributed by atoms with Gasteiger partial charge in [0.25, 0.3) is 0 Å². The molecule has 2 fully saturated rings. The normalized spacial score (nSPS) is 24.9. The van der Waals surface area contributed by atoms with Gasteiger partial charge in [-0.05, 0) is 32.1 Å². The molecule has 0 aromatic rings. The summed E-state index contributed by atoms with van der Waals surface area (Å²) in [6.45, 7) is 5.25. The van der Waals surface area contributed by atoms with Gasteiger partial charge in [0.1, 0.15) is 0 Å². The lowest BCUT2D eigenvalue weighted by molar-refractivity contribution is 0.0170. The van der Waals surface area contributed by atoms with Crippen molar-refractivity contribution in [1.82, 2.24) is 4.90 Å². The average Bonchev–Trinajstić information content (AvgIpc) is 2.82. The fraction of sp³-hybridized carbons (Fsp3) is 0.933. The minimum atomic E-state index is 0.320. The third-order valence-corrected chi connectivity index (χ3v) is 3.98. The molecule has 2 aliphatic rings. The first kappa shape index (κ1) is 15.6. The van der Waals surface area contributed by atoms with Gasteiger partial charge in [-0.1, -0.05) is 12.8 Å². The van der Waals surface area contributed by atoms with E-state index >= 15 is 0 Å². The van der Waals surface area contributed by atoms with Crippen molar-refractivity contribution in [3.8, 4) is 0 Å². The molecule has 0 saturated carbocycles. The Morgan fingerprint density at radius 3 is 2.70 bits per heavy atom. The molecule has 2 rings (SSSR count). The highest BCUT2D eigenvalue weighted by Gasteiger charge is 2.15. The van der Waals surface area contributed by atoms with Crippen molar-refractivity contribution >= 4 is 5.96 Å². The van der Waals surface area contributed by atoms with Crippen LogP contribution in [0.5, 0.6) is 0 Å². The van der Waals surface area contributed by atoms with E-state index in [0.29, 0.717) is 12.1 Å². The van der Waals surface area contributed by atoms with Gasteiger partial charge in [-0.15, -0.1) is 0 Å². The first-order valence-corrected chi connectivity index (χ1v) is 8.10. The molecule has 0 aromatic carbocycles. The largest absolute Gasteiger partial charge is 0.379 e. The van der Waals surface area contributed by atoms with E-state index in [0.717, 1.165) is 52.3 Å². The Hall–Kier alpha value is -0.810. The fourth-order valence-corrected chi connectivity index (χ4v) is 2.75. The first-order valence-electron chi connectivity index (χ1n) is 8.10. The predicted molar refractivity (Wildman–Crippen MR) is 80.9 cm³/mol. The third kappa shape index (κ3) is 5.67. The third-order valence-electron chi connectivity index (χ3n) is 3.98. The minimum absolute atomic E-state index is 0.320. The summed E-state index contributed by atoms with van der Waals surface area (Å²) in [5, 5.41) is 0. The number of guanidine groups is 1. The Bertz CT molecular complexity index is 283. The standard InChI is InChI=1S/C15H29N3O2/c16-15(18-9-3-1-2-4-10-18)17-8-6-11-19-13-14-7-5-12-20-14/h14H,1-13H2,(H2,16,17)/t14-/m1/s1. The molecular formula is C15H29N3O2. The number of hydrogen-bond acceptors (Lipinski definition) is 3. The van der Waals surface area contributed by atoms with Crippen molar-refractivity contribution in [2.45, 2.75) is 51.0 Å². The molecule has 0 radical (unpaired) electrons. The molecule has 0 aliphatic carbocycles. The number of nitrogens with two attached hydrogens (primary N) is 1. The lowest BCUT2D eigenvalue weighted by atomic mass is 10.2. The highest BCUT2D eigenvalue weighted by molar-refractivity contribution is 5.78. The topological polar surface area (TPSA) is 60.1 Å². The van der Waals surface area contributed by atoms with E-state index in [4.69, 9.17) is 15.2 Å². The van der Waals surface area contributed by atoms with Gasteiger partial charge in [0, 0.05) is 32.8 Å². The second kappa shape index (κ2) is 9.19. The molecule has 2 N–H and O–H groups in total. The predicted octanol–water partition coefficient (Wildman–Crippen LogP) is 1.76. The zero-order chi connectivity index (χ0) is 14.0. The summed E-state index contributed by atoms with van der Waals surface area (Å²) in [5.74, 6) is 0.714. The highest BCUT2D eigenvalue weighted by Crippen LogP contribution is 2.12. The SMILES string of the molecule is NC(=NCCCOC[C@H]1CCCO1)N1CCCCCC1. The fourth-order valence-electron chi connectivity index (χ4n) is 2.75. The molecule has 2 saturated heterocycles. The van der Waals surface area contributed by atoms with Crippen LogP contribution in [0.2, 0.25) is 0 Å². The van der Waals surface area contributed by atoms with Gasteiger partial charge in [-0.2, -0.15) is 0 Å². The molecule has 5 heteroatoms. The summed E-state index contributed by atoms with van der Waals surface area (Å²) in [7, 11) is 0. The van der Waals surface area contributed by atoms with E-state index in [2.05, 4.69) is 9.89 Å². The maximum absolute atomic E-state index is 6.05. The Labute approximate surface area is 122 Å². The molecular weight excluding hydrogens is 254 g/mol. The quantitative estimate of drug-likeness (QED) is 0.458. The van der Waals surface area contributed by atoms with Crippen molar-refractivity contribution in [3.63, 3.8) is 0 Å². The maximum Gasteiger partial charge on any atom is 0.191 e. The van der Waals surface area contributed by atoms with E-state index in [-0.39, 0.29) is 0 Å². The minimum Gasteiger partial charge on any atom is -0.379 e. The molecule has 5 nitrogen and oxygen atoms in total. The van der Waals surface area contributed by atoms with Crippen LogP contribution in [-0.2, 0) is 9.47 Å². The van der Waals surface area contributed by atoms with Crippen LogP contribution in [0.15, 0.2) is 4.99 Å². The Morgan fingerprint density at radius 1 is 1.20 bits per heavy atom. The second-order valence-electron chi connectivity index (χ2n) is 5.70. The maximum atomic E-state index is 6.05. The van der Waals surface area contributed by atoms with Crippen LogP contribution in [0.3, 0.4) is 0 Å². The first-order chi connectivity index (χ1) is 9.86. The van der Waals surface area contributed by atoms with Crippen LogP contribution in [0.25, 0.3) is 0 Å². The number of aliphatic imine (C=N–C) groups is 1. The van der Waals surface area contributed by atoms with Gasteiger partial charge in [-0.25, -0.2) is 0 Å². The molecule has 0 unspecified atom stereocenters. The Kier molecular flexibility index (Phi) is 7.15. The lowest BCUT2D eigenvalue weighted by Crippen LogP contribution is -2.38. The molecule has 2 heterocycles. The van der Waals surface area contributed by atoms with Crippen LogP contribution in [0.1, 0.15) is 44.9 Å².